The average Bonchev–Trinajstić information content (AvgIpc) is 3.17. The maximum Gasteiger partial charge on any atom is 0.249 e. The van der Waals surface area contributed by atoms with Crippen molar-refractivity contribution in [1.82, 2.24) is 15.5 Å². The minimum Gasteiger partial charge on any atom is -0.344 e. The molecule has 0 aliphatic rings. The molecular weight excluding hydrogens is 381 g/mol. The van der Waals surface area contributed by atoms with E-state index in [1.807, 2.05) is 26.0 Å². The zero-order valence-electron chi connectivity index (χ0n) is 15.7. The molecule has 1 N–H and O–H groups in total. The quantitative estimate of drug-likeness (QED) is 0.606. The van der Waals surface area contributed by atoms with Gasteiger partial charge in [0.05, 0.1) is 6.42 Å². The molecule has 2 aromatic carbocycles. The summed E-state index contributed by atoms with van der Waals surface area (Å²) in [5.41, 5.74) is 1.51. The van der Waals surface area contributed by atoms with Crippen molar-refractivity contribution < 1.29 is 13.7 Å². The second-order valence-electron chi connectivity index (χ2n) is 6.70. The molecule has 7 heteroatoms. The Bertz CT molecular complexity index is 926. The van der Waals surface area contributed by atoms with Gasteiger partial charge in [-0.15, -0.1) is 0 Å². The van der Waals surface area contributed by atoms with Crippen LogP contribution in [-0.2, 0) is 11.2 Å². The summed E-state index contributed by atoms with van der Waals surface area (Å²) < 4.78 is 18.5. The molecule has 146 valence electrons. The molecule has 0 spiro atoms. The van der Waals surface area contributed by atoms with Gasteiger partial charge in [0.25, 0.3) is 0 Å². The number of nitrogens with one attached hydrogen (secondary N) is 1. The minimum atomic E-state index is -0.411. The van der Waals surface area contributed by atoms with Crippen molar-refractivity contribution in [3.63, 3.8) is 0 Å². The molecule has 5 nitrogen and oxygen atoms in total. The second kappa shape index (κ2) is 8.97. The van der Waals surface area contributed by atoms with Crippen molar-refractivity contribution in [3.8, 4) is 11.4 Å². The van der Waals surface area contributed by atoms with E-state index in [9.17, 15) is 9.18 Å². The first-order valence-electron chi connectivity index (χ1n) is 9.09. The predicted molar refractivity (Wildman–Crippen MR) is 105 cm³/mol. The molecule has 0 radical (unpaired) electrons. The molecule has 0 fully saturated rings. The van der Waals surface area contributed by atoms with E-state index >= 15 is 0 Å². The molecule has 1 heterocycles. The van der Waals surface area contributed by atoms with Crippen molar-refractivity contribution in [2.45, 2.75) is 32.7 Å². The van der Waals surface area contributed by atoms with E-state index in [-0.39, 0.29) is 24.1 Å². The largest absolute Gasteiger partial charge is 0.344 e. The monoisotopic (exact) mass is 401 g/mol. The molecule has 0 aliphatic heterocycles. The van der Waals surface area contributed by atoms with E-state index in [1.165, 1.54) is 12.1 Å². The standard InChI is InChI=1S/C21H21ClFN3O2/c1-3-13(2)19(24-18(27)12-14-4-10-17(23)11-5-14)21-25-20(26-28-21)15-6-8-16(22)9-7-15/h4-11,13,19H,3,12H2,1-2H3,(H,24,27)/t13-,19-/m0/s1. The lowest BCUT2D eigenvalue weighted by Gasteiger charge is -2.20. The lowest BCUT2D eigenvalue weighted by molar-refractivity contribution is -0.121. The maximum absolute atomic E-state index is 13.0. The van der Waals surface area contributed by atoms with Gasteiger partial charge in [-0.25, -0.2) is 4.39 Å². The number of benzene rings is 2. The third-order valence-electron chi connectivity index (χ3n) is 4.62. The summed E-state index contributed by atoms with van der Waals surface area (Å²) in [5, 5.41) is 7.63. The zero-order valence-corrected chi connectivity index (χ0v) is 16.4. The first kappa shape index (κ1) is 20.0. The average molecular weight is 402 g/mol. The first-order chi connectivity index (χ1) is 13.5. The van der Waals surface area contributed by atoms with Gasteiger partial charge in [0.2, 0.25) is 17.6 Å². The number of halogens is 2. The fraction of sp³-hybridized carbons (Fsp3) is 0.286. The molecule has 0 saturated carbocycles. The van der Waals surface area contributed by atoms with Crippen LogP contribution in [-0.4, -0.2) is 16.0 Å². The highest BCUT2D eigenvalue weighted by molar-refractivity contribution is 6.30. The maximum atomic E-state index is 13.0. The molecule has 1 amide bonds. The molecule has 0 unspecified atom stereocenters. The Morgan fingerprint density at radius 1 is 1.18 bits per heavy atom. The fourth-order valence-electron chi connectivity index (χ4n) is 2.77. The van der Waals surface area contributed by atoms with Crippen LogP contribution < -0.4 is 5.32 Å². The van der Waals surface area contributed by atoms with E-state index in [4.69, 9.17) is 16.1 Å². The fourth-order valence-corrected chi connectivity index (χ4v) is 2.90. The number of hydrogen-bond acceptors (Lipinski definition) is 4. The minimum absolute atomic E-state index is 0.0932. The van der Waals surface area contributed by atoms with Gasteiger partial charge >= 0.3 is 0 Å². The Morgan fingerprint density at radius 3 is 2.50 bits per heavy atom. The summed E-state index contributed by atoms with van der Waals surface area (Å²) in [7, 11) is 0. The summed E-state index contributed by atoms with van der Waals surface area (Å²) in [6, 6.07) is 12.6. The van der Waals surface area contributed by atoms with Gasteiger partial charge < -0.3 is 9.84 Å². The zero-order chi connectivity index (χ0) is 20.1. The smallest absolute Gasteiger partial charge is 0.249 e. The molecule has 3 rings (SSSR count). The van der Waals surface area contributed by atoms with Crippen LogP contribution in [0.3, 0.4) is 0 Å². The number of carbonyl (C=O) groups excluding carboxylic acids is 1. The number of aromatic nitrogens is 2. The van der Waals surface area contributed by atoms with Gasteiger partial charge in [-0.3, -0.25) is 4.79 Å². The van der Waals surface area contributed by atoms with Crippen LogP contribution in [0.5, 0.6) is 0 Å². The van der Waals surface area contributed by atoms with E-state index in [1.54, 1.807) is 24.3 Å². The van der Waals surface area contributed by atoms with E-state index in [0.29, 0.717) is 16.7 Å². The number of nitrogens with zero attached hydrogens (tertiary/aromatic N) is 2. The Hall–Kier alpha value is -2.73. The van der Waals surface area contributed by atoms with Crippen molar-refractivity contribution in [2.24, 2.45) is 5.92 Å². The molecular formula is C21H21ClFN3O2. The highest BCUT2D eigenvalue weighted by Crippen LogP contribution is 2.26. The summed E-state index contributed by atoms with van der Waals surface area (Å²) in [5.74, 6) is 0.362. The Morgan fingerprint density at radius 2 is 1.86 bits per heavy atom. The van der Waals surface area contributed by atoms with Gasteiger partial charge in [0.1, 0.15) is 11.9 Å². The molecule has 3 aromatic rings. The van der Waals surface area contributed by atoms with Crippen molar-refractivity contribution >= 4 is 17.5 Å². The number of carbonyl (C=O) groups is 1. The third-order valence-corrected chi connectivity index (χ3v) is 4.87. The Balaban J connectivity index is 1.75. The van der Waals surface area contributed by atoms with E-state index < -0.39 is 6.04 Å². The third kappa shape index (κ3) is 4.95. The van der Waals surface area contributed by atoms with Crippen LogP contribution in [0.15, 0.2) is 53.1 Å². The topological polar surface area (TPSA) is 68.0 Å². The van der Waals surface area contributed by atoms with E-state index in [0.717, 1.165) is 17.5 Å². The summed E-state index contributed by atoms with van der Waals surface area (Å²) in [6.45, 7) is 4.04. The van der Waals surface area contributed by atoms with Gasteiger partial charge in [0.15, 0.2) is 0 Å². The summed E-state index contributed by atoms with van der Waals surface area (Å²) in [4.78, 5) is 17.0. The lowest BCUT2D eigenvalue weighted by Crippen LogP contribution is -2.33. The van der Waals surface area contributed by atoms with Crippen LogP contribution in [0.1, 0.15) is 37.8 Å². The van der Waals surface area contributed by atoms with Gasteiger partial charge in [-0.2, -0.15) is 4.98 Å². The van der Waals surface area contributed by atoms with Crippen LogP contribution >= 0.6 is 11.6 Å². The Labute approximate surface area is 167 Å². The van der Waals surface area contributed by atoms with Gasteiger partial charge in [-0.05, 0) is 47.9 Å². The van der Waals surface area contributed by atoms with Crippen LogP contribution in [0, 0.1) is 11.7 Å². The number of rotatable bonds is 7. The molecule has 2 atom stereocenters. The summed E-state index contributed by atoms with van der Waals surface area (Å²) in [6.07, 6.45) is 0.964. The van der Waals surface area contributed by atoms with Gasteiger partial charge in [0, 0.05) is 10.6 Å². The number of amides is 1. The summed E-state index contributed by atoms with van der Waals surface area (Å²) >= 11 is 5.92. The van der Waals surface area contributed by atoms with Crippen molar-refractivity contribution in [2.75, 3.05) is 0 Å². The molecule has 0 bridgehead atoms. The Kier molecular flexibility index (Phi) is 6.41. The van der Waals surface area contributed by atoms with Crippen molar-refractivity contribution in [1.29, 1.82) is 0 Å². The lowest BCUT2D eigenvalue weighted by atomic mass is 9.98. The van der Waals surface area contributed by atoms with Crippen LogP contribution in [0.4, 0.5) is 4.39 Å². The number of hydrogen-bond donors (Lipinski definition) is 1. The van der Waals surface area contributed by atoms with Crippen LogP contribution in [0.2, 0.25) is 5.02 Å². The highest BCUT2D eigenvalue weighted by atomic mass is 35.5. The molecule has 0 saturated heterocycles. The van der Waals surface area contributed by atoms with Gasteiger partial charge in [-0.1, -0.05) is 49.2 Å². The molecule has 0 aliphatic carbocycles. The molecule has 28 heavy (non-hydrogen) atoms. The SMILES string of the molecule is CC[C@H](C)[C@H](NC(=O)Cc1ccc(F)cc1)c1nc(-c2ccc(Cl)cc2)no1. The van der Waals surface area contributed by atoms with Crippen molar-refractivity contribution in [3.05, 3.63) is 70.8 Å². The second-order valence-corrected chi connectivity index (χ2v) is 7.13. The first-order valence-corrected chi connectivity index (χ1v) is 9.47. The highest BCUT2D eigenvalue weighted by Gasteiger charge is 2.26. The van der Waals surface area contributed by atoms with E-state index in [2.05, 4.69) is 15.5 Å². The molecule has 1 aromatic heterocycles. The normalized spacial score (nSPS) is 13.1. The predicted octanol–water partition coefficient (Wildman–Crippen LogP) is 4.98. The van der Waals surface area contributed by atoms with Crippen LogP contribution in [0.25, 0.3) is 11.4 Å².